The van der Waals surface area contributed by atoms with Crippen molar-refractivity contribution >= 4 is 29.6 Å². The number of carbonyl (C=O) groups is 4. The van der Waals surface area contributed by atoms with Gasteiger partial charge in [0.05, 0.1) is 31.7 Å². The van der Waals surface area contributed by atoms with E-state index < -0.39 is 34.8 Å². The number of ether oxygens (including phenoxy) is 1. The molecule has 0 bridgehead atoms. The number of nitrogens with zero attached hydrogens (tertiary/aromatic N) is 5. The Hall–Kier alpha value is -3.86. The first kappa shape index (κ1) is 31.4. The van der Waals surface area contributed by atoms with Gasteiger partial charge in [-0.05, 0) is 6.07 Å². The SMILES string of the molecule is COc1ccc([N+](=O)[O-])cc1C(C(=O)O)N1CCN(CC(=O)O)CCN(CC(=O)O)CCN(CC(=O)O)CC1. The van der Waals surface area contributed by atoms with Gasteiger partial charge in [0.15, 0.2) is 0 Å². The molecule has 1 aliphatic rings. The van der Waals surface area contributed by atoms with Crippen molar-refractivity contribution in [3.8, 4) is 5.75 Å². The third-order valence-electron chi connectivity index (χ3n) is 6.27. The molecule has 1 aromatic rings. The number of methoxy groups -OCH3 is 1. The molecule has 0 amide bonds. The third-order valence-corrected chi connectivity index (χ3v) is 6.27. The van der Waals surface area contributed by atoms with Crippen LogP contribution in [0, 0.1) is 10.1 Å². The highest BCUT2D eigenvalue weighted by Crippen LogP contribution is 2.33. The molecule has 1 atom stereocenters. The van der Waals surface area contributed by atoms with E-state index in [4.69, 9.17) is 4.74 Å². The molecule has 1 aliphatic heterocycles. The number of nitro benzene ring substituents is 1. The first-order chi connectivity index (χ1) is 18.4. The Balaban J connectivity index is 2.48. The number of carboxylic acid groups (broad SMARTS) is 4. The van der Waals surface area contributed by atoms with Crippen LogP contribution in [0.2, 0.25) is 0 Å². The highest BCUT2D eigenvalue weighted by molar-refractivity contribution is 5.77. The minimum Gasteiger partial charge on any atom is -0.496 e. The molecule has 0 aromatic heterocycles. The maximum atomic E-state index is 12.5. The van der Waals surface area contributed by atoms with E-state index in [0.29, 0.717) is 0 Å². The summed E-state index contributed by atoms with van der Waals surface area (Å²) in [6.45, 7) is -0.221. The first-order valence-electron chi connectivity index (χ1n) is 12.0. The fraction of sp³-hybridized carbons (Fsp3) is 0.565. The van der Waals surface area contributed by atoms with Crippen molar-refractivity contribution in [3.63, 3.8) is 0 Å². The highest BCUT2D eigenvalue weighted by atomic mass is 16.6. The Kier molecular flexibility index (Phi) is 12.0. The molecule has 1 fully saturated rings. The Labute approximate surface area is 223 Å². The molecule has 1 saturated heterocycles. The number of aliphatic carboxylic acids is 4. The smallest absolute Gasteiger partial charge is 0.325 e. The lowest BCUT2D eigenvalue weighted by molar-refractivity contribution is -0.385. The Morgan fingerprint density at radius 3 is 1.56 bits per heavy atom. The van der Waals surface area contributed by atoms with E-state index in [-0.39, 0.29) is 89.0 Å². The van der Waals surface area contributed by atoms with Crippen LogP contribution >= 0.6 is 0 Å². The van der Waals surface area contributed by atoms with Crippen molar-refractivity contribution in [1.82, 2.24) is 19.6 Å². The van der Waals surface area contributed by atoms with Gasteiger partial charge >= 0.3 is 23.9 Å². The maximum absolute atomic E-state index is 12.5. The third kappa shape index (κ3) is 10.1. The predicted molar refractivity (Wildman–Crippen MR) is 134 cm³/mol. The van der Waals surface area contributed by atoms with Crippen molar-refractivity contribution in [1.29, 1.82) is 0 Å². The summed E-state index contributed by atoms with van der Waals surface area (Å²) >= 11 is 0. The quantitative estimate of drug-likeness (QED) is 0.194. The number of hydrogen-bond acceptors (Lipinski definition) is 11. The molecule has 16 nitrogen and oxygen atoms in total. The summed E-state index contributed by atoms with van der Waals surface area (Å²) in [5.74, 6) is -4.56. The van der Waals surface area contributed by atoms with Crippen LogP contribution in [0.3, 0.4) is 0 Å². The number of hydrogen-bond donors (Lipinski definition) is 4. The number of benzene rings is 1. The highest BCUT2D eigenvalue weighted by Gasteiger charge is 2.33. The average Bonchev–Trinajstić information content (AvgIpc) is 2.84. The summed E-state index contributed by atoms with van der Waals surface area (Å²) in [6, 6.07) is 2.17. The first-order valence-corrected chi connectivity index (χ1v) is 12.0. The second-order valence-electron chi connectivity index (χ2n) is 8.97. The van der Waals surface area contributed by atoms with Crippen LogP contribution in [0.4, 0.5) is 5.69 Å². The molecule has 1 heterocycles. The molecule has 0 aliphatic carbocycles. The van der Waals surface area contributed by atoms with Crippen LogP contribution in [0.25, 0.3) is 0 Å². The van der Waals surface area contributed by atoms with Gasteiger partial charge in [-0.3, -0.25) is 48.9 Å². The molecular formula is C23H33N5O11. The summed E-state index contributed by atoms with van der Waals surface area (Å²) in [5, 5.41) is 49.6. The largest absolute Gasteiger partial charge is 0.496 e. The van der Waals surface area contributed by atoms with Gasteiger partial charge in [0.2, 0.25) is 0 Å². The monoisotopic (exact) mass is 555 g/mol. The van der Waals surface area contributed by atoms with E-state index in [9.17, 15) is 49.7 Å². The molecular weight excluding hydrogens is 522 g/mol. The molecule has 1 aromatic carbocycles. The standard InChI is InChI=1S/C23H33N5O11/c1-39-18-3-2-16(28(37)38)12-17(18)22(23(35)36)27-10-8-25(14-20(31)32)6-4-24(13-19(29)30)5-7-26(9-11-27)15-21(33)34/h2-3,12,22H,4-11,13-15H2,1H3,(H,29,30)(H,31,32)(H,33,34)(H,35,36). The molecule has 39 heavy (non-hydrogen) atoms. The van der Waals surface area contributed by atoms with E-state index in [1.807, 2.05) is 0 Å². The zero-order valence-electron chi connectivity index (χ0n) is 21.5. The molecule has 0 saturated carbocycles. The van der Waals surface area contributed by atoms with Crippen molar-refractivity contribution < 1.29 is 49.3 Å². The lowest BCUT2D eigenvalue weighted by Crippen LogP contribution is -2.49. The zero-order chi connectivity index (χ0) is 29.1. The van der Waals surface area contributed by atoms with Crippen molar-refractivity contribution in [2.45, 2.75) is 6.04 Å². The van der Waals surface area contributed by atoms with Crippen LogP contribution in [-0.4, -0.2) is 148 Å². The molecule has 0 radical (unpaired) electrons. The Bertz CT molecular complexity index is 1020. The van der Waals surface area contributed by atoms with Crippen molar-refractivity contribution in [2.24, 2.45) is 0 Å². The van der Waals surface area contributed by atoms with Crippen LogP contribution in [0.15, 0.2) is 18.2 Å². The van der Waals surface area contributed by atoms with Crippen molar-refractivity contribution in [3.05, 3.63) is 33.9 Å². The number of nitro groups is 1. The zero-order valence-corrected chi connectivity index (χ0v) is 21.5. The van der Waals surface area contributed by atoms with E-state index in [1.165, 1.54) is 24.1 Å². The summed E-state index contributed by atoms with van der Waals surface area (Å²) in [6.07, 6.45) is 0. The van der Waals surface area contributed by atoms with Gasteiger partial charge < -0.3 is 25.2 Å². The Morgan fingerprint density at radius 1 is 0.821 bits per heavy atom. The van der Waals surface area contributed by atoms with Crippen LogP contribution in [0.5, 0.6) is 5.75 Å². The fourth-order valence-electron chi connectivity index (χ4n) is 4.39. The Morgan fingerprint density at radius 2 is 1.23 bits per heavy atom. The fourth-order valence-corrected chi connectivity index (χ4v) is 4.39. The number of non-ortho nitro benzene ring substituents is 1. The van der Waals surface area contributed by atoms with E-state index in [0.717, 1.165) is 6.07 Å². The van der Waals surface area contributed by atoms with E-state index >= 15 is 0 Å². The van der Waals surface area contributed by atoms with Gasteiger partial charge in [0.25, 0.3) is 5.69 Å². The van der Waals surface area contributed by atoms with Gasteiger partial charge in [-0.1, -0.05) is 0 Å². The maximum Gasteiger partial charge on any atom is 0.325 e. The van der Waals surface area contributed by atoms with Gasteiger partial charge in [-0.2, -0.15) is 0 Å². The number of carboxylic acids is 4. The lowest BCUT2D eigenvalue weighted by Gasteiger charge is -2.35. The van der Waals surface area contributed by atoms with Gasteiger partial charge in [-0.25, -0.2) is 0 Å². The molecule has 2 rings (SSSR count). The molecule has 216 valence electrons. The molecule has 16 heteroatoms. The predicted octanol–water partition coefficient (Wildman–Crippen LogP) is -0.795. The summed E-state index contributed by atoms with van der Waals surface area (Å²) in [7, 11) is 1.30. The van der Waals surface area contributed by atoms with E-state index in [2.05, 4.69) is 0 Å². The average molecular weight is 556 g/mol. The second-order valence-corrected chi connectivity index (χ2v) is 8.97. The summed E-state index contributed by atoms with van der Waals surface area (Å²) < 4.78 is 5.29. The second kappa shape index (κ2) is 14.9. The summed E-state index contributed by atoms with van der Waals surface area (Å²) in [5.41, 5.74) is -0.321. The molecule has 1 unspecified atom stereocenters. The minimum atomic E-state index is -1.43. The van der Waals surface area contributed by atoms with Gasteiger partial charge in [0, 0.05) is 70.1 Å². The molecule has 0 spiro atoms. The van der Waals surface area contributed by atoms with Crippen LogP contribution < -0.4 is 4.74 Å². The van der Waals surface area contributed by atoms with E-state index in [1.54, 1.807) is 14.7 Å². The number of rotatable bonds is 11. The van der Waals surface area contributed by atoms with Crippen LogP contribution in [-0.2, 0) is 19.2 Å². The topological polar surface area (TPSA) is 215 Å². The van der Waals surface area contributed by atoms with Crippen molar-refractivity contribution in [2.75, 3.05) is 79.1 Å². The lowest BCUT2D eigenvalue weighted by atomic mass is 10.0. The molecule has 4 N–H and O–H groups in total. The van der Waals surface area contributed by atoms with Crippen LogP contribution in [0.1, 0.15) is 11.6 Å². The minimum absolute atomic E-state index is 0.00986. The van der Waals surface area contributed by atoms with Gasteiger partial charge in [0.1, 0.15) is 11.8 Å². The summed E-state index contributed by atoms with van der Waals surface area (Å²) in [4.78, 5) is 63.7. The van der Waals surface area contributed by atoms with Gasteiger partial charge in [-0.15, -0.1) is 0 Å². The normalized spacial score (nSPS) is 17.9.